The van der Waals surface area contributed by atoms with Gasteiger partial charge in [-0.05, 0) is 50.2 Å². The number of nitrogens with zero attached hydrogens (tertiary/aromatic N) is 3. The average Bonchev–Trinajstić information content (AvgIpc) is 2.91. The van der Waals surface area contributed by atoms with Crippen LogP contribution in [-0.4, -0.2) is 20.6 Å². The molecule has 0 fully saturated rings. The Kier molecular flexibility index (Phi) is 3.83. The quantitative estimate of drug-likeness (QED) is 0.928. The minimum absolute atomic E-state index is 0.192. The van der Waals surface area contributed by atoms with Crippen LogP contribution in [0.2, 0.25) is 0 Å². The second-order valence-corrected chi connectivity index (χ2v) is 5.57. The van der Waals surface area contributed by atoms with Crippen LogP contribution in [0.5, 0.6) is 0 Å². The number of pyridine rings is 1. The molecule has 4 heteroatoms. The van der Waals surface area contributed by atoms with Crippen molar-refractivity contribution in [1.29, 1.82) is 0 Å². The Morgan fingerprint density at radius 1 is 1.30 bits per heavy atom. The molecule has 0 saturated carbocycles. The lowest BCUT2D eigenvalue weighted by Crippen LogP contribution is -2.22. The topological polar surface area (TPSA) is 56.7 Å². The molecule has 1 atom stereocenters. The maximum atomic E-state index is 6.11. The third-order valence-corrected chi connectivity index (χ3v) is 4.13. The Labute approximate surface area is 120 Å². The maximum Gasteiger partial charge on any atom is 0.141 e. The summed E-state index contributed by atoms with van der Waals surface area (Å²) in [4.78, 5) is 9.15. The molecule has 0 saturated heterocycles. The third-order valence-electron chi connectivity index (χ3n) is 4.13. The molecule has 1 aliphatic carbocycles. The molecule has 0 aromatic carbocycles. The van der Waals surface area contributed by atoms with Gasteiger partial charge in [0.25, 0.3) is 0 Å². The summed E-state index contributed by atoms with van der Waals surface area (Å²) in [7, 11) is 0. The summed E-state index contributed by atoms with van der Waals surface area (Å²) in [5, 5.41) is 0. The highest BCUT2D eigenvalue weighted by atomic mass is 15.1. The molecule has 0 bridgehead atoms. The number of fused-ring (bicyclic) bond motifs is 1. The molecular formula is C16H22N4. The van der Waals surface area contributed by atoms with Gasteiger partial charge in [0.05, 0.1) is 5.69 Å². The van der Waals surface area contributed by atoms with Gasteiger partial charge >= 0.3 is 0 Å². The first-order valence-corrected chi connectivity index (χ1v) is 7.54. The van der Waals surface area contributed by atoms with Crippen molar-refractivity contribution in [3.8, 4) is 5.82 Å². The van der Waals surface area contributed by atoms with Crippen molar-refractivity contribution in [3.05, 3.63) is 41.6 Å². The molecule has 106 valence electrons. The highest BCUT2D eigenvalue weighted by molar-refractivity contribution is 5.38. The van der Waals surface area contributed by atoms with Gasteiger partial charge in [0.15, 0.2) is 0 Å². The van der Waals surface area contributed by atoms with Crippen molar-refractivity contribution >= 4 is 0 Å². The average molecular weight is 270 g/mol. The van der Waals surface area contributed by atoms with E-state index in [1.54, 1.807) is 0 Å². The van der Waals surface area contributed by atoms with E-state index >= 15 is 0 Å². The van der Waals surface area contributed by atoms with E-state index in [0.29, 0.717) is 0 Å². The molecule has 0 amide bonds. The molecule has 2 heterocycles. The van der Waals surface area contributed by atoms with E-state index in [4.69, 9.17) is 5.73 Å². The molecule has 1 aliphatic rings. The van der Waals surface area contributed by atoms with E-state index in [-0.39, 0.29) is 6.04 Å². The zero-order valence-electron chi connectivity index (χ0n) is 12.0. The smallest absolute Gasteiger partial charge is 0.141 e. The van der Waals surface area contributed by atoms with E-state index in [0.717, 1.165) is 31.5 Å². The van der Waals surface area contributed by atoms with Crippen LogP contribution in [0.3, 0.4) is 0 Å². The number of imidazole rings is 1. The first-order chi connectivity index (χ1) is 9.79. The molecule has 4 nitrogen and oxygen atoms in total. The highest BCUT2D eigenvalue weighted by Gasteiger charge is 2.18. The largest absolute Gasteiger partial charge is 0.327 e. The Hall–Kier alpha value is -1.68. The SMILES string of the molecule is CCC(N)Cc1cccnc1-n1cnc2c1CCCC2. The van der Waals surface area contributed by atoms with Crippen LogP contribution in [0.15, 0.2) is 24.7 Å². The summed E-state index contributed by atoms with van der Waals surface area (Å²) in [5.74, 6) is 1.01. The van der Waals surface area contributed by atoms with Crippen molar-refractivity contribution < 1.29 is 0 Å². The molecule has 2 N–H and O–H groups in total. The van der Waals surface area contributed by atoms with Crippen LogP contribution < -0.4 is 5.73 Å². The Bertz CT molecular complexity index is 588. The maximum absolute atomic E-state index is 6.11. The van der Waals surface area contributed by atoms with Gasteiger partial charge in [0.2, 0.25) is 0 Å². The highest BCUT2D eigenvalue weighted by Crippen LogP contribution is 2.24. The van der Waals surface area contributed by atoms with Crippen LogP contribution in [0.4, 0.5) is 0 Å². The number of hydrogen-bond donors (Lipinski definition) is 1. The zero-order valence-corrected chi connectivity index (χ0v) is 12.0. The van der Waals surface area contributed by atoms with Crippen LogP contribution in [-0.2, 0) is 19.3 Å². The van der Waals surface area contributed by atoms with Gasteiger partial charge in [-0.15, -0.1) is 0 Å². The second-order valence-electron chi connectivity index (χ2n) is 5.57. The summed E-state index contributed by atoms with van der Waals surface area (Å²) in [5.41, 5.74) is 9.91. The van der Waals surface area contributed by atoms with Gasteiger partial charge in [-0.1, -0.05) is 13.0 Å². The van der Waals surface area contributed by atoms with E-state index < -0.39 is 0 Å². The van der Waals surface area contributed by atoms with Crippen molar-refractivity contribution in [2.24, 2.45) is 5.73 Å². The normalized spacial score (nSPS) is 15.9. The molecule has 0 aliphatic heterocycles. The Balaban J connectivity index is 1.99. The molecule has 1 unspecified atom stereocenters. The zero-order chi connectivity index (χ0) is 13.9. The molecule has 3 rings (SSSR count). The van der Waals surface area contributed by atoms with Gasteiger partial charge in [0, 0.05) is 17.9 Å². The lowest BCUT2D eigenvalue weighted by Gasteiger charge is -2.17. The number of aromatic nitrogens is 3. The third kappa shape index (κ3) is 2.48. The number of aryl methyl sites for hydroxylation is 1. The summed E-state index contributed by atoms with van der Waals surface area (Å²) in [6.07, 6.45) is 10.3. The summed E-state index contributed by atoms with van der Waals surface area (Å²) < 4.78 is 2.17. The molecule has 2 aromatic rings. The monoisotopic (exact) mass is 270 g/mol. The van der Waals surface area contributed by atoms with E-state index in [1.165, 1.54) is 29.8 Å². The lowest BCUT2D eigenvalue weighted by molar-refractivity contribution is 0.635. The van der Waals surface area contributed by atoms with E-state index in [1.807, 2.05) is 18.6 Å². The second kappa shape index (κ2) is 5.75. The van der Waals surface area contributed by atoms with Crippen LogP contribution in [0.1, 0.15) is 43.1 Å². The van der Waals surface area contributed by atoms with Crippen molar-refractivity contribution in [2.45, 2.75) is 51.5 Å². The lowest BCUT2D eigenvalue weighted by atomic mass is 10.0. The van der Waals surface area contributed by atoms with Gasteiger partial charge in [0.1, 0.15) is 12.1 Å². The summed E-state index contributed by atoms with van der Waals surface area (Å²) in [6.45, 7) is 2.12. The Morgan fingerprint density at radius 3 is 3.00 bits per heavy atom. The molecule has 20 heavy (non-hydrogen) atoms. The summed E-state index contributed by atoms with van der Waals surface area (Å²) >= 11 is 0. The van der Waals surface area contributed by atoms with Crippen LogP contribution in [0, 0.1) is 0 Å². The number of nitrogens with two attached hydrogens (primary N) is 1. The van der Waals surface area contributed by atoms with E-state index in [9.17, 15) is 0 Å². The van der Waals surface area contributed by atoms with Gasteiger partial charge in [-0.3, -0.25) is 4.57 Å². The first-order valence-electron chi connectivity index (χ1n) is 7.54. The minimum Gasteiger partial charge on any atom is -0.327 e. The first kappa shape index (κ1) is 13.3. The van der Waals surface area contributed by atoms with Crippen LogP contribution in [0.25, 0.3) is 5.82 Å². The van der Waals surface area contributed by atoms with Crippen molar-refractivity contribution in [2.75, 3.05) is 0 Å². The summed E-state index contributed by atoms with van der Waals surface area (Å²) in [6, 6.07) is 4.31. The fraction of sp³-hybridized carbons (Fsp3) is 0.500. The molecular weight excluding hydrogens is 248 g/mol. The van der Waals surface area contributed by atoms with Gasteiger partial charge < -0.3 is 5.73 Å². The number of hydrogen-bond acceptors (Lipinski definition) is 3. The predicted molar refractivity (Wildman–Crippen MR) is 80.0 cm³/mol. The molecule has 0 radical (unpaired) electrons. The molecule has 0 spiro atoms. The van der Waals surface area contributed by atoms with Crippen molar-refractivity contribution in [1.82, 2.24) is 14.5 Å². The van der Waals surface area contributed by atoms with Crippen LogP contribution >= 0.6 is 0 Å². The standard InChI is InChI=1S/C16H22N4/c1-2-13(17)10-12-6-5-9-18-16(12)20-11-19-14-7-3-4-8-15(14)20/h5-6,9,11,13H,2-4,7-8,10,17H2,1H3. The molecule has 2 aromatic heterocycles. The van der Waals surface area contributed by atoms with Gasteiger partial charge in [-0.25, -0.2) is 9.97 Å². The van der Waals surface area contributed by atoms with Gasteiger partial charge in [-0.2, -0.15) is 0 Å². The Morgan fingerprint density at radius 2 is 2.15 bits per heavy atom. The fourth-order valence-electron chi connectivity index (χ4n) is 2.88. The number of rotatable bonds is 4. The van der Waals surface area contributed by atoms with E-state index in [2.05, 4.69) is 27.5 Å². The fourth-order valence-corrected chi connectivity index (χ4v) is 2.88. The predicted octanol–water partition coefficient (Wildman–Crippen LogP) is 2.43. The minimum atomic E-state index is 0.192. The van der Waals surface area contributed by atoms with Crippen molar-refractivity contribution in [3.63, 3.8) is 0 Å².